The van der Waals surface area contributed by atoms with Crippen LogP contribution in [0.3, 0.4) is 0 Å². The van der Waals surface area contributed by atoms with Gasteiger partial charge in [-0.1, -0.05) is 96.8 Å². The van der Waals surface area contributed by atoms with Gasteiger partial charge in [-0.05, 0) is 102 Å². The normalized spacial score (nSPS) is 12.2. The van der Waals surface area contributed by atoms with E-state index in [4.69, 9.17) is 14.8 Å². The second-order valence-corrected chi connectivity index (χ2v) is 15.3. The number of aromatic nitrogens is 4. The zero-order chi connectivity index (χ0) is 37.4. The third-order valence-electron chi connectivity index (χ3n) is 10.8. The van der Waals surface area contributed by atoms with Gasteiger partial charge in [-0.3, -0.25) is 4.68 Å². The van der Waals surface area contributed by atoms with Crippen LogP contribution in [0.2, 0.25) is 0 Å². The van der Waals surface area contributed by atoms with Crippen molar-refractivity contribution in [2.24, 2.45) is 5.92 Å². The molecule has 0 spiro atoms. The average molecular weight is 807 g/mol. The molecule has 3 aromatic heterocycles. The molecule has 3 heterocycles. The monoisotopic (exact) mass is 806 g/mol. The van der Waals surface area contributed by atoms with Crippen molar-refractivity contribution in [3.63, 3.8) is 0 Å². The Bertz CT molecular complexity index is 2390. The predicted octanol–water partition coefficient (Wildman–Crippen LogP) is 12.8. The molecule has 0 bridgehead atoms. The minimum absolute atomic E-state index is 0. The fourth-order valence-electron chi connectivity index (χ4n) is 7.76. The first-order valence-electron chi connectivity index (χ1n) is 19.4. The molecular weight excluding hydrogens is 755 g/mol. The summed E-state index contributed by atoms with van der Waals surface area (Å²) in [6.45, 7) is 20.1. The summed E-state index contributed by atoms with van der Waals surface area (Å²) in [4.78, 5) is 4.90. The number of ether oxygens (including phenoxy) is 1. The van der Waals surface area contributed by atoms with Gasteiger partial charge in [-0.25, -0.2) is 4.98 Å². The minimum Gasteiger partial charge on any atom is -0.509 e. The maximum Gasteiger partial charge on any atom is 2.00 e. The molecule has 6 heteroatoms. The Balaban J connectivity index is 0.00000497. The van der Waals surface area contributed by atoms with Gasteiger partial charge in [0.25, 0.3) is 0 Å². The van der Waals surface area contributed by atoms with Gasteiger partial charge in [0.2, 0.25) is 0 Å². The fraction of sp³-hybridized carbons (Fsp3) is 0.333. The Morgan fingerprint density at radius 1 is 0.722 bits per heavy atom. The van der Waals surface area contributed by atoms with E-state index in [0.717, 1.165) is 69.5 Å². The molecule has 0 aliphatic carbocycles. The number of hydrogen-bond donors (Lipinski definition) is 0. The number of fused-ring (bicyclic) bond motifs is 3. The molecule has 0 N–H and O–H groups in total. The molecule has 5 nitrogen and oxygen atoms in total. The smallest absolute Gasteiger partial charge is 0.509 e. The first kappa shape index (κ1) is 39.2. The summed E-state index contributed by atoms with van der Waals surface area (Å²) < 4.78 is 11.0. The first-order valence-corrected chi connectivity index (χ1v) is 19.4. The van der Waals surface area contributed by atoms with Crippen LogP contribution >= 0.6 is 0 Å². The Kier molecular flexibility index (Phi) is 12.0. The molecule has 0 saturated carbocycles. The van der Waals surface area contributed by atoms with Crippen LogP contribution in [0.25, 0.3) is 44.4 Å². The number of para-hydroxylation sites is 1. The van der Waals surface area contributed by atoms with Gasteiger partial charge in [0.1, 0.15) is 5.82 Å². The van der Waals surface area contributed by atoms with E-state index in [0.29, 0.717) is 23.3 Å². The zero-order valence-corrected chi connectivity index (χ0v) is 34.7. The molecule has 0 saturated heterocycles. The van der Waals surface area contributed by atoms with E-state index in [-0.39, 0.29) is 26.3 Å². The van der Waals surface area contributed by atoms with Crippen LogP contribution in [-0.4, -0.2) is 19.3 Å². The van der Waals surface area contributed by atoms with Gasteiger partial charge in [-0.2, -0.15) is 11.2 Å². The Labute approximate surface area is 335 Å². The molecular formula is C48H52N4OPd. The summed E-state index contributed by atoms with van der Waals surface area (Å²) in [5.41, 5.74) is 12.7. The number of pyridine rings is 1. The molecule has 4 aromatic carbocycles. The SMILES string of the molecule is CCc1cccc(CC)c1-c1c(C)nn(-c2[c-]c(Oc3[c-]c4c(cc3)c3ccccc3n4-c3cc(C(C)CCC(C)C)ccn3)cc(C(C)C)c2)c1C.[Pd+2]. The molecule has 7 aromatic rings. The number of hydrogen-bond acceptors (Lipinski definition) is 3. The van der Waals surface area contributed by atoms with E-state index < -0.39 is 0 Å². The topological polar surface area (TPSA) is 44.9 Å². The number of rotatable bonds is 12. The summed E-state index contributed by atoms with van der Waals surface area (Å²) in [5, 5.41) is 7.40. The van der Waals surface area contributed by atoms with Gasteiger partial charge < -0.3 is 9.30 Å². The number of benzene rings is 4. The van der Waals surface area contributed by atoms with E-state index in [1.165, 1.54) is 34.2 Å². The third-order valence-corrected chi connectivity index (χ3v) is 10.8. The van der Waals surface area contributed by atoms with Crippen LogP contribution in [-0.2, 0) is 33.3 Å². The maximum atomic E-state index is 6.69. The van der Waals surface area contributed by atoms with Crippen LogP contribution in [0.15, 0.2) is 85.1 Å². The van der Waals surface area contributed by atoms with Gasteiger partial charge in [-0.15, -0.1) is 41.3 Å². The summed E-state index contributed by atoms with van der Waals surface area (Å²) in [7, 11) is 0. The molecule has 0 aliphatic heterocycles. The van der Waals surface area contributed by atoms with Crippen LogP contribution in [0.5, 0.6) is 11.5 Å². The van der Waals surface area contributed by atoms with Crippen LogP contribution in [0.4, 0.5) is 0 Å². The standard InChI is InChI=1S/C48H52N4O.Pd/c1-10-35-15-14-16-36(11-2)48(35)47-33(8)50-52(34(47)9)39-25-38(31(5)6)26-41(28-39)53-40-21-22-43-42-17-12-13-18-44(42)51(45(43)29-40)46-27-37(23-24-49-46)32(7)20-19-30(3)4;/h12-18,21-27,30-32H,10-11,19-20H2,1-9H3;/q-2;+2. The van der Waals surface area contributed by atoms with Gasteiger partial charge in [0, 0.05) is 34.5 Å². The number of nitrogens with zero attached hydrogens (tertiary/aromatic N) is 4. The Hall–Kier alpha value is -4.50. The van der Waals surface area contributed by atoms with Crippen molar-refractivity contribution in [1.82, 2.24) is 19.3 Å². The van der Waals surface area contributed by atoms with Crippen LogP contribution < -0.4 is 4.74 Å². The van der Waals surface area contributed by atoms with Gasteiger partial charge >= 0.3 is 20.4 Å². The zero-order valence-electron chi connectivity index (χ0n) is 33.2. The molecule has 1 unspecified atom stereocenters. The van der Waals surface area contributed by atoms with Gasteiger partial charge in [0.15, 0.2) is 0 Å². The molecule has 7 rings (SSSR count). The molecule has 0 amide bonds. The summed E-state index contributed by atoms with van der Waals surface area (Å²) in [5.74, 6) is 3.57. The van der Waals surface area contributed by atoms with E-state index in [2.05, 4.69) is 152 Å². The van der Waals surface area contributed by atoms with Crippen molar-refractivity contribution in [1.29, 1.82) is 0 Å². The van der Waals surface area contributed by atoms with Crippen molar-refractivity contribution in [2.75, 3.05) is 0 Å². The second-order valence-electron chi connectivity index (χ2n) is 15.3. The third kappa shape index (κ3) is 7.57. The quantitative estimate of drug-likeness (QED) is 0.0912. The molecule has 280 valence electrons. The Morgan fingerprint density at radius 2 is 1.46 bits per heavy atom. The van der Waals surface area contributed by atoms with E-state index in [9.17, 15) is 0 Å². The molecule has 1 atom stereocenters. The minimum atomic E-state index is 0. The van der Waals surface area contributed by atoms with E-state index >= 15 is 0 Å². The Morgan fingerprint density at radius 3 is 2.17 bits per heavy atom. The van der Waals surface area contributed by atoms with E-state index in [1.807, 2.05) is 16.9 Å². The van der Waals surface area contributed by atoms with Crippen LogP contribution in [0.1, 0.15) is 107 Å². The number of aryl methyl sites for hydroxylation is 3. The van der Waals surface area contributed by atoms with Crippen molar-refractivity contribution < 1.29 is 25.2 Å². The van der Waals surface area contributed by atoms with Crippen molar-refractivity contribution in [3.8, 4) is 34.1 Å². The largest absolute Gasteiger partial charge is 2.00 e. The first-order chi connectivity index (χ1) is 25.6. The molecule has 0 radical (unpaired) electrons. The molecule has 0 fully saturated rings. The van der Waals surface area contributed by atoms with Crippen molar-refractivity contribution in [2.45, 2.75) is 99.8 Å². The van der Waals surface area contributed by atoms with Crippen LogP contribution in [0, 0.1) is 31.9 Å². The molecule has 0 aliphatic rings. The average Bonchev–Trinajstić information content (AvgIpc) is 3.65. The second kappa shape index (κ2) is 16.5. The summed E-state index contributed by atoms with van der Waals surface area (Å²) in [6.07, 6.45) is 6.24. The van der Waals surface area contributed by atoms with Crippen molar-refractivity contribution in [3.05, 3.63) is 131 Å². The van der Waals surface area contributed by atoms with Gasteiger partial charge in [0.05, 0.1) is 5.69 Å². The maximum absolute atomic E-state index is 6.69. The summed E-state index contributed by atoms with van der Waals surface area (Å²) in [6, 6.07) is 35.3. The predicted molar refractivity (Wildman–Crippen MR) is 220 cm³/mol. The van der Waals surface area contributed by atoms with Crippen molar-refractivity contribution >= 4 is 21.8 Å². The van der Waals surface area contributed by atoms with E-state index in [1.54, 1.807) is 0 Å². The fourth-order valence-corrected chi connectivity index (χ4v) is 7.76. The summed E-state index contributed by atoms with van der Waals surface area (Å²) >= 11 is 0. The molecule has 54 heavy (non-hydrogen) atoms.